The summed E-state index contributed by atoms with van der Waals surface area (Å²) in [5.74, 6) is -0.285. The van der Waals surface area contributed by atoms with Gasteiger partial charge in [0.15, 0.2) is 0 Å². The van der Waals surface area contributed by atoms with Crippen LogP contribution < -0.4 is 4.90 Å². The number of ether oxygens (including phenoxy) is 1. The summed E-state index contributed by atoms with van der Waals surface area (Å²) in [5.41, 5.74) is 1.44. The Bertz CT molecular complexity index is 572. The highest BCUT2D eigenvalue weighted by atomic mass is 79.9. The van der Waals surface area contributed by atoms with Gasteiger partial charge in [0.2, 0.25) is 0 Å². The van der Waals surface area contributed by atoms with Crippen molar-refractivity contribution in [2.45, 2.75) is 32.7 Å². The highest BCUT2D eigenvalue weighted by molar-refractivity contribution is 9.10. The summed E-state index contributed by atoms with van der Waals surface area (Å²) in [6.07, 6.45) is 2.03. The minimum atomic E-state index is -0.406. The topological polar surface area (TPSA) is 72.7 Å². The molecule has 0 aromatic heterocycles. The van der Waals surface area contributed by atoms with Gasteiger partial charge < -0.3 is 9.64 Å². The third kappa shape index (κ3) is 3.72. The zero-order chi connectivity index (χ0) is 15.6. The lowest BCUT2D eigenvalue weighted by atomic mass is 10.1. The van der Waals surface area contributed by atoms with E-state index in [2.05, 4.69) is 15.9 Å². The van der Waals surface area contributed by atoms with E-state index in [0.717, 1.165) is 18.5 Å². The normalized spacial score (nSPS) is 13.9. The fourth-order valence-electron chi connectivity index (χ4n) is 2.22. The largest absolute Gasteiger partial charge is 0.465 e. The summed E-state index contributed by atoms with van der Waals surface area (Å²) in [6.45, 7) is 3.97. The highest BCUT2D eigenvalue weighted by Crippen LogP contribution is 2.38. The van der Waals surface area contributed by atoms with Gasteiger partial charge in [0, 0.05) is 22.1 Å². The van der Waals surface area contributed by atoms with Crippen LogP contribution in [-0.2, 0) is 9.53 Å². The summed E-state index contributed by atoms with van der Waals surface area (Å²) < 4.78 is 5.62. The highest BCUT2D eigenvalue weighted by Gasteiger charge is 2.32. The molecule has 0 aliphatic heterocycles. The number of nitro groups is 1. The van der Waals surface area contributed by atoms with Gasteiger partial charge in [0.25, 0.3) is 5.69 Å². The molecule has 1 aromatic rings. The second-order valence-electron chi connectivity index (χ2n) is 5.01. The van der Waals surface area contributed by atoms with E-state index in [1.165, 1.54) is 6.07 Å². The molecular formula is C14H17BrN2O4. The lowest BCUT2D eigenvalue weighted by Crippen LogP contribution is -2.33. The Morgan fingerprint density at radius 3 is 2.71 bits per heavy atom. The van der Waals surface area contributed by atoms with Gasteiger partial charge in [-0.3, -0.25) is 14.9 Å². The molecule has 0 N–H and O–H groups in total. The van der Waals surface area contributed by atoms with E-state index in [9.17, 15) is 14.9 Å². The summed E-state index contributed by atoms with van der Waals surface area (Å²) >= 11 is 3.38. The molecule has 6 nitrogen and oxygen atoms in total. The van der Waals surface area contributed by atoms with E-state index >= 15 is 0 Å². The lowest BCUT2D eigenvalue weighted by molar-refractivity contribution is -0.385. The molecule has 0 unspecified atom stereocenters. The summed E-state index contributed by atoms with van der Waals surface area (Å²) in [7, 11) is 0. The maximum absolute atomic E-state index is 11.7. The number of carbonyl (C=O) groups is 1. The third-order valence-corrected chi connectivity index (χ3v) is 4.00. The van der Waals surface area contributed by atoms with Crippen LogP contribution in [0.5, 0.6) is 0 Å². The Balaban J connectivity index is 2.30. The van der Waals surface area contributed by atoms with Crippen LogP contribution in [0.2, 0.25) is 0 Å². The van der Waals surface area contributed by atoms with Crippen molar-refractivity contribution in [2.75, 3.05) is 18.1 Å². The number of hydrogen-bond donors (Lipinski definition) is 0. The Kier molecular flexibility index (Phi) is 4.82. The van der Waals surface area contributed by atoms with E-state index in [1.54, 1.807) is 19.9 Å². The Hall–Kier alpha value is -1.63. The van der Waals surface area contributed by atoms with Gasteiger partial charge in [0.05, 0.1) is 17.2 Å². The van der Waals surface area contributed by atoms with Crippen LogP contribution in [0, 0.1) is 17.0 Å². The molecule has 1 saturated carbocycles. The monoisotopic (exact) mass is 356 g/mol. The van der Waals surface area contributed by atoms with Crippen LogP contribution >= 0.6 is 15.9 Å². The smallest absolute Gasteiger partial charge is 0.325 e. The van der Waals surface area contributed by atoms with Crippen LogP contribution in [0.4, 0.5) is 11.4 Å². The number of rotatable bonds is 6. The van der Waals surface area contributed by atoms with Crippen LogP contribution in [-0.4, -0.2) is 30.1 Å². The maximum atomic E-state index is 11.7. The van der Waals surface area contributed by atoms with E-state index in [0.29, 0.717) is 22.7 Å². The van der Waals surface area contributed by atoms with Crippen molar-refractivity contribution in [3.63, 3.8) is 0 Å². The number of halogens is 1. The quantitative estimate of drug-likeness (QED) is 0.444. The van der Waals surface area contributed by atoms with Crippen LogP contribution in [0.3, 0.4) is 0 Å². The van der Waals surface area contributed by atoms with Crippen molar-refractivity contribution in [3.05, 3.63) is 32.3 Å². The molecule has 0 amide bonds. The van der Waals surface area contributed by atoms with Crippen molar-refractivity contribution >= 4 is 33.3 Å². The minimum Gasteiger partial charge on any atom is -0.465 e. The third-order valence-electron chi connectivity index (χ3n) is 3.36. The first-order chi connectivity index (χ1) is 9.93. The lowest BCUT2D eigenvalue weighted by Gasteiger charge is -2.25. The number of nitro benzene ring substituents is 1. The Morgan fingerprint density at radius 2 is 2.19 bits per heavy atom. The van der Waals surface area contributed by atoms with Crippen molar-refractivity contribution < 1.29 is 14.5 Å². The second kappa shape index (κ2) is 6.43. The number of anilines is 1. The predicted octanol–water partition coefficient (Wildman–Crippen LogP) is 3.20. The van der Waals surface area contributed by atoms with Crippen molar-refractivity contribution in [3.8, 4) is 0 Å². The molecule has 0 spiro atoms. The molecule has 2 rings (SSSR count). The summed E-state index contributed by atoms with van der Waals surface area (Å²) in [4.78, 5) is 24.3. The number of hydrogen-bond acceptors (Lipinski definition) is 5. The van der Waals surface area contributed by atoms with Crippen molar-refractivity contribution in [1.29, 1.82) is 0 Å². The number of benzene rings is 1. The van der Waals surface area contributed by atoms with Gasteiger partial charge in [-0.15, -0.1) is 0 Å². The molecule has 0 saturated heterocycles. The van der Waals surface area contributed by atoms with Gasteiger partial charge in [0.1, 0.15) is 6.54 Å². The fraction of sp³-hybridized carbons (Fsp3) is 0.500. The molecule has 114 valence electrons. The molecule has 1 fully saturated rings. The number of aryl methyl sites for hydroxylation is 1. The number of nitrogens with zero attached hydrogens (tertiary/aromatic N) is 2. The predicted molar refractivity (Wildman–Crippen MR) is 82.5 cm³/mol. The van der Waals surface area contributed by atoms with E-state index < -0.39 is 4.92 Å². The number of carbonyl (C=O) groups excluding carboxylic acids is 1. The molecule has 0 radical (unpaired) electrons. The average Bonchev–Trinajstić information content (AvgIpc) is 3.23. The van der Waals surface area contributed by atoms with Gasteiger partial charge >= 0.3 is 5.97 Å². The molecule has 0 atom stereocenters. The fourth-order valence-corrected chi connectivity index (χ4v) is 2.77. The molecule has 0 heterocycles. The molecule has 7 heteroatoms. The summed E-state index contributed by atoms with van der Waals surface area (Å²) in [5, 5.41) is 11.0. The first-order valence-corrected chi connectivity index (χ1v) is 7.60. The average molecular weight is 357 g/mol. The van der Waals surface area contributed by atoms with E-state index in [4.69, 9.17) is 4.74 Å². The molecule has 1 aliphatic rings. The zero-order valence-electron chi connectivity index (χ0n) is 12.0. The zero-order valence-corrected chi connectivity index (χ0v) is 13.6. The number of esters is 1. The van der Waals surface area contributed by atoms with Crippen molar-refractivity contribution in [1.82, 2.24) is 0 Å². The van der Waals surface area contributed by atoms with Gasteiger partial charge in [-0.05, 0) is 48.7 Å². The molecule has 1 aromatic carbocycles. The Labute approximate surface area is 131 Å². The van der Waals surface area contributed by atoms with Crippen molar-refractivity contribution in [2.24, 2.45) is 0 Å². The van der Waals surface area contributed by atoms with E-state index in [1.807, 2.05) is 4.90 Å². The van der Waals surface area contributed by atoms with Gasteiger partial charge in [-0.1, -0.05) is 0 Å². The SMILES string of the molecule is CCOC(=O)CN(c1cc(C)c([N+](=O)[O-])cc1Br)C1CC1. The molecule has 1 aliphatic carbocycles. The standard InChI is InChI=1S/C14H17BrN2O4/c1-3-21-14(18)8-16(10-4-5-10)13-6-9(2)12(17(19)20)7-11(13)15/h6-7,10H,3-5,8H2,1-2H3. The van der Waals surface area contributed by atoms with Crippen LogP contribution in [0.15, 0.2) is 16.6 Å². The van der Waals surface area contributed by atoms with Gasteiger partial charge in [-0.2, -0.15) is 0 Å². The Morgan fingerprint density at radius 1 is 1.52 bits per heavy atom. The first kappa shape index (κ1) is 15.8. The molecule has 0 bridgehead atoms. The first-order valence-electron chi connectivity index (χ1n) is 6.80. The van der Waals surface area contributed by atoms with E-state index in [-0.39, 0.29) is 18.2 Å². The molecule has 21 heavy (non-hydrogen) atoms. The molecular weight excluding hydrogens is 340 g/mol. The minimum absolute atomic E-state index is 0.0671. The van der Waals surface area contributed by atoms with Gasteiger partial charge in [-0.25, -0.2) is 0 Å². The second-order valence-corrected chi connectivity index (χ2v) is 5.87. The van der Waals surface area contributed by atoms with Crippen LogP contribution in [0.1, 0.15) is 25.3 Å². The van der Waals surface area contributed by atoms with Crippen LogP contribution in [0.25, 0.3) is 0 Å². The summed E-state index contributed by atoms with van der Waals surface area (Å²) in [6, 6.07) is 3.54. The maximum Gasteiger partial charge on any atom is 0.325 e.